The second-order valence-electron chi connectivity index (χ2n) is 11.9. The van der Waals surface area contributed by atoms with E-state index in [0.717, 1.165) is 5.39 Å². The topological polar surface area (TPSA) is 164 Å². The molecule has 4 aromatic carbocycles. The number of fused-ring (bicyclic) bond motifs is 2. The Labute approximate surface area is 300 Å². The van der Waals surface area contributed by atoms with Crippen LogP contribution in [0.15, 0.2) is 91.0 Å². The van der Waals surface area contributed by atoms with Crippen molar-refractivity contribution in [3.8, 4) is 17.8 Å². The van der Waals surface area contributed by atoms with Crippen LogP contribution in [0.5, 0.6) is 0 Å². The highest BCUT2D eigenvalue weighted by molar-refractivity contribution is 6.13. The molecule has 1 aromatic heterocycles. The van der Waals surface area contributed by atoms with Crippen LogP contribution in [-0.2, 0) is 16.1 Å². The van der Waals surface area contributed by atoms with E-state index in [2.05, 4.69) is 22.8 Å². The van der Waals surface area contributed by atoms with Crippen LogP contribution < -0.4 is 20.4 Å². The smallest absolute Gasteiger partial charge is 0.258 e. The summed E-state index contributed by atoms with van der Waals surface area (Å²) < 4.78 is 1.67. The average Bonchev–Trinajstić information content (AvgIpc) is 3.47. The number of ketones is 1. The fourth-order valence-electron chi connectivity index (χ4n) is 5.93. The lowest BCUT2D eigenvalue weighted by molar-refractivity contribution is -0.128. The van der Waals surface area contributed by atoms with Gasteiger partial charge in [-0.15, -0.1) is 12.4 Å². The van der Waals surface area contributed by atoms with Crippen LogP contribution in [0.2, 0.25) is 0 Å². The van der Waals surface area contributed by atoms with Gasteiger partial charge in [-0.2, -0.15) is 15.6 Å². The second kappa shape index (κ2) is 15.0. The van der Waals surface area contributed by atoms with Crippen molar-refractivity contribution in [3.05, 3.63) is 119 Å². The minimum Gasteiger partial charge on any atom is -0.341 e. The lowest BCUT2D eigenvalue weighted by Gasteiger charge is -2.26. The molecular formula is C38H33ClN8O4. The summed E-state index contributed by atoms with van der Waals surface area (Å²) >= 11 is 0. The first-order chi connectivity index (χ1) is 24.1. The molecule has 5 aromatic rings. The largest absolute Gasteiger partial charge is 0.341 e. The molecule has 0 bridgehead atoms. The van der Waals surface area contributed by atoms with Crippen molar-refractivity contribution in [1.82, 2.24) is 20.4 Å². The number of benzene rings is 4. The third-order valence-electron chi connectivity index (χ3n) is 8.77. The molecule has 0 radical (unpaired) electrons. The Balaban J connectivity index is 0.00000504. The fraction of sp³-hybridized carbons (Fsp3) is 0.184. The van der Waals surface area contributed by atoms with Crippen LogP contribution >= 0.6 is 12.4 Å². The monoisotopic (exact) mass is 700 g/mol. The number of nitrogens with zero attached hydrogens (tertiary/aromatic N) is 6. The fourth-order valence-corrected chi connectivity index (χ4v) is 5.93. The predicted molar refractivity (Wildman–Crippen MR) is 194 cm³/mol. The first-order valence-corrected chi connectivity index (χ1v) is 15.9. The number of amides is 3. The molecular weight excluding hydrogens is 668 g/mol. The summed E-state index contributed by atoms with van der Waals surface area (Å²) in [6, 6.07) is 27.9. The van der Waals surface area contributed by atoms with Gasteiger partial charge in [0.05, 0.1) is 64.6 Å². The summed E-state index contributed by atoms with van der Waals surface area (Å²) in [6.07, 6.45) is 0. The van der Waals surface area contributed by atoms with Gasteiger partial charge in [-0.1, -0.05) is 42.5 Å². The highest BCUT2D eigenvalue weighted by atomic mass is 35.5. The van der Waals surface area contributed by atoms with Crippen LogP contribution in [0.1, 0.15) is 51.4 Å². The van der Waals surface area contributed by atoms with Crippen LogP contribution in [-0.4, -0.2) is 59.0 Å². The SMILES string of the molecule is CN[C@@H](C)C(=O)N[C@H]1CN(C(=O)c2ccc(C(C)=O)cc2)c2cc(C#N)ccc2N(Cc2nn(-c3ccccc3C#N)c3ccccc23)C1=O.Cl. The van der Waals surface area contributed by atoms with E-state index in [9.17, 15) is 29.7 Å². The normalized spacial score (nSPS) is 14.4. The van der Waals surface area contributed by atoms with Gasteiger partial charge in [-0.3, -0.25) is 19.2 Å². The van der Waals surface area contributed by atoms with Gasteiger partial charge in [-0.05, 0) is 69.4 Å². The molecule has 0 fully saturated rings. The summed E-state index contributed by atoms with van der Waals surface area (Å²) in [7, 11) is 1.62. The number of aromatic nitrogens is 2. The third-order valence-corrected chi connectivity index (χ3v) is 8.77. The number of rotatable bonds is 8. The summed E-state index contributed by atoms with van der Waals surface area (Å²) in [5.41, 5.74) is 3.76. The first kappa shape index (κ1) is 36.0. The number of carbonyl (C=O) groups excluding carboxylic acids is 4. The number of hydrogen-bond acceptors (Lipinski definition) is 8. The Kier molecular flexibility index (Phi) is 10.6. The van der Waals surface area contributed by atoms with Gasteiger partial charge < -0.3 is 20.4 Å². The van der Waals surface area contributed by atoms with Crippen molar-refractivity contribution in [1.29, 1.82) is 10.5 Å². The maximum atomic E-state index is 14.6. The molecule has 51 heavy (non-hydrogen) atoms. The first-order valence-electron chi connectivity index (χ1n) is 15.9. The highest BCUT2D eigenvalue weighted by Crippen LogP contribution is 2.37. The molecule has 2 atom stereocenters. The maximum Gasteiger partial charge on any atom is 0.258 e. The molecule has 0 aliphatic carbocycles. The molecule has 1 aliphatic rings. The second-order valence-corrected chi connectivity index (χ2v) is 11.9. The molecule has 256 valence electrons. The zero-order valence-corrected chi connectivity index (χ0v) is 28.8. The minimum absolute atomic E-state index is 0. The van der Waals surface area contributed by atoms with E-state index >= 15 is 0 Å². The third kappa shape index (κ3) is 6.92. The minimum atomic E-state index is -1.19. The van der Waals surface area contributed by atoms with E-state index in [1.807, 2.05) is 30.3 Å². The Morgan fingerprint density at radius 3 is 2.27 bits per heavy atom. The van der Waals surface area contributed by atoms with Gasteiger partial charge in [0, 0.05) is 16.5 Å². The average molecular weight is 701 g/mol. The van der Waals surface area contributed by atoms with Crippen molar-refractivity contribution in [2.24, 2.45) is 0 Å². The van der Waals surface area contributed by atoms with E-state index in [4.69, 9.17) is 5.10 Å². The lowest BCUT2D eigenvalue weighted by Crippen LogP contribution is -2.55. The van der Waals surface area contributed by atoms with Gasteiger partial charge in [0.25, 0.3) is 11.8 Å². The molecule has 0 spiro atoms. The number of hydrogen-bond donors (Lipinski definition) is 2. The summed E-state index contributed by atoms with van der Waals surface area (Å²) in [5, 5.41) is 31.0. The molecule has 6 rings (SSSR count). The van der Waals surface area contributed by atoms with Crippen LogP contribution in [0.3, 0.4) is 0 Å². The molecule has 0 saturated heterocycles. The molecule has 2 N–H and O–H groups in total. The van der Waals surface area contributed by atoms with Gasteiger partial charge in [-0.25, -0.2) is 4.68 Å². The molecule has 12 nitrogen and oxygen atoms in total. The summed E-state index contributed by atoms with van der Waals surface area (Å²) in [5.74, 6) is -1.59. The molecule has 3 amide bonds. The van der Waals surface area contributed by atoms with E-state index in [0.29, 0.717) is 33.7 Å². The molecule has 2 heterocycles. The van der Waals surface area contributed by atoms with Crippen LogP contribution in [0, 0.1) is 22.7 Å². The number of para-hydroxylation sites is 2. The number of anilines is 2. The quantitative estimate of drug-likeness (QED) is 0.220. The number of Topliss-reactive ketones (excluding diaryl/α,β-unsaturated/α-hetero) is 1. The predicted octanol–water partition coefficient (Wildman–Crippen LogP) is 4.68. The van der Waals surface area contributed by atoms with E-state index in [1.165, 1.54) is 34.9 Å². The maximum absolute atomic E-state index is 14.6. The summed E-state index contributed by atoms with van der Waals surface area (Å²) in [6.45, 7) is 2.78. The zero-order chi connectivity index (χ0) is 35.5. The Bertz CT molecular complexity index is 2250. The van der Waals surface area contributed by atoms with Crippen molar-refractivity contribution < 1.29 is 19.2 Å². The Hall–Kier alpha value is -6.34. The molecule has 0 unspecified atom stereocenters. The standard InChI is InChI=1S/C38H32N8O4.ClH/c1-23(41-3)36(48)42-31-22-45(37(49)27-15-13-26(14-16-27)24(2)47)35-18-25(19-39)12-17-34(35)44(38(31)50)21-30-29-9-5-7-11-33(29)46(43-30)32-10-6-4-8-28(32)20-40;/h4-18,23,31,41H,21-22H2,1-3H3,(H,42,48);1H/t23-,31-;/m0./s1. The highest BCUT2D eigenvalue weighted by Gasteiger charge is 2.38. The Morgan fingerprint density at radius 1 is 0.902 bits per heavy atom. The van der Waals surface area contributed by atoms with E-state index in [-0.39, 0.29) is 48.1 Å². The molecule has 1 aliphatic heterocycles. The van der Waals surface area contributed by atoms with E-state index < -0.39 is 29.8 Å². The van der Waals surface area contributed by atoms with Crippen LogP contribution in [0.4, 0.5) is 11.4 Å². The Morgan fingerprint density at radius 2 is 1.59 bits per heavy atom. The van der Waals surface area contributed by atoms with Crippen molar-refractivity contribution >= 4 is 58.2 Å². The molecule has 0 saturated carbocycles. The lowest BCUT2D eigenvalue weighted by atomic mass is 10.1. The van der Waals surface area contributed by atoms with Gasteiger partial charge in [0.1, 0.15) is 12.1 Å². The van der Waals surface area contributed by atoms with Gasteiger partial charge in [0.2, 0.25) is 5.91 Å². The summed E-state index contributed by atoms with van der Waals surface area (Å²) in [4.78, 5) is 56.8. The number of nitrogens with one attached hydrogen (secondary N) is 2. The van der Waals surface area contributed by atoms with Crippen molar-refractivity contribution in [2.75, 3.05) is 23.4 Å². The zero-order valence-electron chi connectivity index (χ0n) is 28.0. The number of likely N-dealkylation sites (N-methyl/N-ethyl adjacent to an activating group) is 1. The van der Waals surface area contributed by atoms with Gasteiger partial charge in [0.15, 0.2) is 5.78 Å². The van der Waals surface area contributed by atoms with Crippen molar-refractivity contribution in [2.45, 2.75) is 32.5 Å². The van der Waals surface area contributed by atoms with Gasteiger partial charge >= 0.3 is 0 Å². The number of carbonyl (C=O) groups is 4. The number of nitriles is 2. The van der Waals surface area contributed by atoms with Crippen molar-refractivity contribution in [3.63, 3.8) is 0 Å². The van der Waals surface area contributed by atoms with Crippen LogP contribution in [0.25, 0.3) is 16.6 Å². The van der Waals surface area contributed by atoms with E-state index in [1.54, 1.807) is 61.1 Å². The number of halogens is 1. The molecule has 13 heteroatoms.